The van der Waals surface area contributed by atoms with E-state index >= 15 is 0 Å². The fourth-order valence-electron chi connectivity index (χ4n) is 1.96. The molecule has 0 heterocycles. The standard InChI is InChI=1S/C15H14N2O4/c1-10-3-2-4-11(7-10)9-16-15(19)13-8-12(18)5-6-14(13)17(20)21/h2-8,18H,9H2,1H3,(H,16,19). The highest BCUT2D eigenvalue weighted by atomic mass is 16.6. The fourth-order valence-corrected chi connectivity index (χ4v) is 1.96. The van der Waals surface area contributed by atoms with Crippen molar-refractivity contribution in [2.45, 2.75) is 13.5 Å². The van der Waals surface area contributed by atoms with E-state index in [1.807, 2.05) is 31.2 Å². The Balaban J connectivity index is 2.17. The Labute approximate surface area is 121 Å². The molecule has 108 valence electrons. The van der Waals surface area contributed by atoms with Gasteiger partial charge in [0.2, 0.25) is 0 Å². The summed E-state index contributed by atoms with van der Waals surface area (Å²) in [7, 11) is 0. The van der Waals surface area contributed by atoms with Crippen LogP contribution in [0.5, 0.6) is 5.75 Å². The van der Waals surface area contributed by atoms with Gasteiger partial charge in [0.05, 0.1) is 4.92 Å². The summed E-state index contributed by atoms with van der Waals surface area (Å²) in [6.45, 7) is 2.19. The number of amides is 1. The number of nitrogens with zero attached hydrogens (tertiary/aromatic N) is 1. The zero-order valence-corrected chi connectivity index (χ0v) is 11.4. The Bertz CT molecular complexity index is 698. The summed E-state index contributed by atoms with van der Waals surface area (Å²) in [5, 5.41) is 22.9. The lowest BCUT2D eigenvalue weighted by Crippen LogP contribution is -2.23. The lowest BCUT2D eigenvalue weighted by atomic mass is 10.1. The zero-order valence-electron chi connectivity index (χ0n) is 11.4. The number of nitrogens with one attached hydrogen (secondary N) is 1. The van der Waals surface area contributed by atoms with Crippen molar-refractivity contribution in [1.82, 2.24) is 5.32 Å². The lowest BCUT2D eigenvalue weighted by molar-refractivity contribution is -0.385. The molecule has 0 aromatic heterocycles. The molecule has 0 radical (unpaired) electrons. The van der Waals surface area contributed by atoms with E-state index < -0.39 is 10.8 Å². The predicted molar refractivity (Wildman–Crippen MR) is 77.1 cm³/mol. The second-order valence-electron chi connectivity index (χ2n) is 4.63. The molecule has 2 aromatic rings. The third-order valence-corrected chi connectivity index (χ3v) is 2.96. The van der Waals surface area contributed by atoms with Gasteiger partial charge in [-0.05, 0) is 24.6 Å². The van der Waals surface area contributed by atoms with Crippen LogP contribution in [0.15, 0.2) is 42.5 Å². The van der Waals surface area contributed by atoms with Crippen molar-refractivity contribution in [3.05, 3.63) is 69.3 Å². The SMILES string of the molecule is Cc1cccc(CNC(=O)c2cc(O)ccc2[N+](=O)[O-])c1. The zero-order chi connectivity index (χ0) is 15.4. The minimum absolute atomic E-state index is 0.160. The fraction of sp³-hybridized carbons (Fsp3) is 0.133. The number of carbonyl (C=O) groups is 1. The van der Waals surface area contributed by atoms with Crippen molar-refractivity contribution < 1.29 is 14.8 Å². The van der Waals surface area contributed by atoms with E-state index in [1.54, 1.807) is 0 Å². The highest BCUT2D eigenvalue weighted by Gasteiger charge is 2.20. The molecular weight excluding hydrogens is 272 g/mol. The van der Waals surface area contributed by atoms with E-state index in [9.17, 15) is 20.0 Å². The smallest absolute Gasteiger partial charge is 0.282 e. The maximum atomic E-state index is 12.1. The summed E-state index contributed by atoms with van der Waals surface area (Å²) in [5.41, 5.74) is 1.46. The number of aryl methyl sites for hydroxylation is 1. The van der Waals surface area contributed by atoms with E-state index in [0.717, 1.165) is 23.3 Å². The van der Waals surface area contributed by atoms with Gasteiger partial charge in [-0.2, -0.15) is 0 Å². The van der Waals surface area contributed by atoms with E-state index in [4.69, 9.17) is 0 Å². The monoisotopic (exact) mass is 286 g/mol. The average Bonchev–Trinajstić information content (AvgIpc) is 2.44. The largest absolute Gasteiger partial charge is 0.508 e. The van der Waals surface area contributed by atoms with Crippen LogP contribution in [0, 0.1) is 17.0 Å². The molecule has 0 aliphatic heterocycles. The van der Waals surface area contributed by atoms with Gasteiger partial charge in [0.1, 0.15) is 11.3 Å². The topological polar surface area (TPSA) is 92.5 Å². The van der Waals surface area contributed by atoms with Crippen LogP contribution in [0.25, 0.3) is 0 Å². The Morgan fingerprint density at radius 2 is 2.05 bits per heavy atom. The number of carbonyl (C=O) groups excluding carboxylic acids is 1. The molecule has 1 amide bonds. The van der Waals surface area contributed by atoms with Crippen molar-refractivity contribution >= 4 is 11.6 Å². The Hall–Kier alpha value is -2.89. The van der Waals surface area contributed by atoms with E-state index in [0.29, 0.717) is 0 Å². The van der Waals surface area contributed by atoms with Crippen LogP contribution < -0.4 is 5.32 Å². The summed E-state index contributed by atoms with van der Waals surface area (Å²) in [6, 6.07) is 10.9. The van der Waals surface area contributed by atoms with Crippen LogP contribution in [-0.2, 0) is 6.54 Å². The van der Waals surface area contributed by atoms with Gasteiger partial charge in [-0.25, -0.2) is 0 Å². The summed E-state index contributed by atoms with van der Waals surface area (Å²) in [6.07, 6.45) is 0. The van der Waals surface area contributed by atoms with E-state index in [2.05, 4.69) is 5.32 Å². The number of aromatic hydroxyl groups is 1. The third-order valence-electron chi connectivity index (χ3n) is 2.96. The number of phenols is 1. The van der Waals surface area contributed by atoms with Gasteiger partial charge in [-0.3, -0.25) is 14.9 Å². The third kappa shape index (κ3) is 3.56. The van der Waals surface area contributed by atoms with Crippen LogP contribution in [-0.4, -0.2) is 15.9 Å². The van der Waals surface area contributed by atoms with Crippen molar-refractivity contribution in [3.63, 3.8) is 0 Å². The Kier molecular flexibility index (Phi) is 4.18. The second-order valence-corrected chi connectivity index (χ2v) is 4.63. The quantitative estimate of drug-likeness (QED) is 0.667. The minimum atomic E-state index is -0.652. The molecule has 0 aliphatic carbocycles. The van der Waals surface area contributed by atoms with E-state index in [-0.39, 0.29) is 23.5 Å². The number of hydrogen-bond acceptors (Lipinski definition) is 4. The van der Waals surface area contributed by atoms with Gasteiger partial charge in [0, 0.05) is 12.6 Å². The highest BCUT2D eigenvalue weighted by molar-refractivity contribution is 5.98. The summed E-state index contributed by atoms with van der Waals surface area (Å²) in [5.74, 6) is -0.791. The molecule has 6 nitrogen and oxygen atoms in total. The Morgan fingerprint density at radius 1 is 1.29 bits per heavy atom. The molecule has 0 atom stereocenters. The first-order valence-corrected chi connectivity index (χ1v) is 6.28. The molecule has 0 saturated carbocycles. The van der Waals surface area contributed by atoms with E-state index in [1.165, 1.54) is 6.07 Å². The molecule has 2 aromatic carbocycles. The van der Waals surface area contributed by atoms with Crippen molar-refractivity contribution in [2.24, 2.45) is 0 Å². The van der Waals surface area contributed by atoms with Gasteiger partial charge in [-0.15, -0.1) is 0 Å². The maximum absolute atomic E-state index is 12.1. The molecule has 2 rings (SSSR count). The minimum Gasteiger partial charge on any atom is -0.508 e. The molecule has 6 heteroatoms. The van der Waals surface area contributed by atoms with Crippen molar-refractivity contribution in [2.75, 3.05) is 0 Å². The maximum Gasteiger partial charge on any atom is 0.282 e. The Morgan fingerprint density at radius 3 is 2.71 bits per heavy atom. The van der Waals surface area contributed by atoms with Crippen molar-refractivity contribution in [1.29, 1.82) is 0 Å². The number of nitro groups is 1. The highest BCUT2D eigenvalue weighted by Crippen LogP contribution is 2.23. The van der Waals surface area contributed by atoms with Crippen LogP contribution in [0.3, 0.4) is 0 Å². The summed E-state index contributed by atoms with van der Waals surface area (Å²) >= 11 is 0. The molecular formula is C15H14N2O4. The normalized spacial score (nSPS) is 10.1. The number of rotatable bonds is 4. The van der Waals surface area contributed by atoms with Gasteiger partial charge < -0.3 is 10.4 Å². The molecule has 0 bridgehead atoms. The molecule has 0 saturated heterocycles. The van der Waals surface area contributed by atoms with Gasteiger partial charge in [0.15, 0.2) is 0 Å². The number of nitro benzene ring substituents is 1. The number of phenolic OH excluding ortho intramolecular Hbond substituents is 1. The first-order valence-electron chi connectivity index (χ1n) is 6.28. The number of hydrogen-bond donors (Lipinski definition) is 2. The molecule has 0 spiro atoms. The summed E-state index contributed by atoms with van der Waals surface area (Å²) in [4.78, 5) is 22.3. The molecule has 0 fully saturated rings. The van der Waals surface area contributed by atoms with Gasteiger partial charge in [0.25, 0.3) is 11.6 Å². The lowest BCUT2D eigenvalue weighted by Gasteiger charge is -2.07. The first kappa shape index (κ1) is 14.5. The first-order chi connectivity index (χ1) is 9.97. The molecule has 21 heavy (non-hydrogen) atoms. The van der Waals surface area contributed by atoms with Crippen LogP contribution in [0.1, 0.15) is 21.5 Å². The second kappa shape index (κ2) is 6.04. The van der Waals surface area contributed by atoms with Crippen LogP contribution in [0.2, 0.25) is 0 Å². The molecule has 0 aliphatic rings. The van der Waals surface area contributed by atoms with Gasteiger partial charge in [-0.1, -0.05) is 29.8 Å². The molecule has 0 unspecified atom stereocenters. The van der Waals surface area contributed by atoms with Crippen molar-refractivity contribution in [3.8, 4) is 5.75 Å². The predicted octanol–water partition coefficient (Wildman–Crippen LogP) is 2.54. The molecule has 2 N–H and O–H groups in total. The average molecular weight is 286 g/mol. The summed E-state index contributed by atoms with van der Waals surface area (Å²) < 4.78 is 0. The van der Waals surface area contributed by atoms with Gasteiger partial charge >= 0.3 is 0 Å². The van der Waals surface area contributed by atoms with Crippen LogP contribution >= 0.6 is 0 Å². The van der Waals surface area contributed by atoms with Crippen LogP contribution in [0.4, 0.5) is 5.69 Å². The number of benzene rings is 2.